The summed E-state index contributed by atoms with van der Waals surface area (Å²) < 4.78 is 14.6. The first-order valence-electron chi connectivity index (χ1n) is 5.67. The van der Waals surface area contributed by atoms with E-state index in [1.807, 2.05) is 6.92 Å². The standard InChI is InChI=1S/C13H14BrFO2/c1-7-2-5-10(15)12(13(7)14)9(6-11(16)17)8-3-4-8/h2,5,8-9H,3-4,6H2,1H3,(H,16,17). The van der Waals surface area contributed by atoms with Gasteiger partial charge in [0.15, 0.2) is 0 Å². The van der Waals surface area contributed by atoms with Crippen molar-refractivity contribution in [3.63, 3.8) is 0 Å². The second-order valence-electron chi connectivity index (χ2n) is 4.63. The van der Waals surface area contributed by atoms with Crippen LogP contribution in [0.1, 0.15) is 36.3 Å². The van der Waals surface area contributed by atoms with Crippen molar-refractivity contribution in [2.24, 2.45) is 5.92 Å². The molecule has 0 radical (unpaired) electrons. The first-order valence-corrected chi connectivity index (χ1v) is 6.46. The third-order valence-electron chi connectivity index (χ3n) is 3.28. The lowest BCUT2D eigenvalue weighted by atomic mass is 9.89. The molecule has 1 aliphatic rings. The Morgan fingerprint density at radius 3 is 2.76 bits per heavy atom. The maximum absolute atomic E-state index is 13.9. The minimum absolute atomic E-state index is 0.00361. The van der Waals surface area contributed by atoms with E-state index in [-0.39, 0.29) is 18.2 Å². The molecule has 1 aliphatic carbocycles. The molecule has 0 bridgehead atoms. The van der Waals surface area contributed by atoms with Crippen molar-refractivity contribution in [3.8, 4) is 0 Å². The quantitative estimate of drug-likeness (QED) is 0.916. The number of hydrogen-bond acceptors (Lipinski definition) is 1. The highest BCUT2D eigenvalue weighted by Crippen LogP contribution is 2.47. The second kappa shape index (κ2) is 4.77. The monoisotopic (exact) mass is 300 g/mol. The Hall–Kier alpha value is -0.900. The molecule has 0 aliphatic heterocycles. The van der Waals surface area contributed by atoms with E-state index in [0.29, 0.717) is 11.5 Å². The highest BCUT2D eigenvalue weighted by molar-refractivity contribution is 9.10. The molecule has 1 fully saturated rings. The zero-order valence-electron chi connectivity index (χ0n) is 9.54. The van der Waals surface area contributed by atoms with Gasteiger partial charge in [0.2, 0.25) is 0 Å². The highest BCUT2D eigenvalue weighted by Gasteiger charge is 2.36. The van der Waals surface area contributed by atoms with E-state index in [9.17, 15) is 9.18 Å². The molecule has 2 rings (SSSR count). The molecule has 0 amide bonds. The van der Waals surface area contributed by atoms with Crippen molar-refractivity contribution in [1.82, 2.24) is 0 Å². The van der Waals surface area contributed by atoms with Crippen LogP contribution in [0.3, 0.4) is 0 Å². The predicted octanol–water partition coefficient (Wildman–Crippen LogP) is 3.86. The van der Waals surface area contributed by atoms with Gasteiger partial charge in [-0.25, -0.2) is 4.39 Å². The van der Waals surface area contributed by atoms with Gasteiger partial charge in [-0.3, -0.25) is 4.79 Å². The van der Waals surface area contributed by atoms with Crippen LogP contribution in [0.2, 0.25) is 0 Å². The van der Waals surface area contributed by atoms with E-state index >= 15 is 0 Å². The number of carboxylic acid groups (broad SMARTS) is 1. The van der Waals surface area contributed by atoms with Gasteiger partial charge in [0.05, 0.1) is 6.42 Å². The lowest BCUT2D eigenvalue weighted by Gasteiger charge is -2.18. The Morgan fingerprint density at radius 1 is 1.59 bits per heavy atom. The Balaban J connectivity index is 2.41. The van der Waals surface area contributed by atoms with E-state index in [1.54, 1.807) is 6.07 Å². The SMILES string of the molecule is Cc1ccc(F)c(C(CC(=O)O)C2CC2)c1Br. The summed E-state index contributed by atoms with van der Waals surface area (Å²) in [6.07, 6.45) is 2.00. The van der Waals surface area contributed by atoms with Crippen molar-refractivity contribution in [2.45, 2.75) is 32.1 Å². The lowest BCUT2D eigenvalue weighted by Crippen LogP contribution is -2.11. The van der Waals surface area contributed by atoms with Crippen molar-refractivity contribution in [2.75, 3.05) is 0 Å². The molecule has 92 valence electrons. The van der Waals surface area contributed by atoms with Gasteiger partial charge >= 0.3 is 5.97 Å². The number of carbonyl (C=O) groups is 1. The van der Waals surface area contributed by atoms with E-state index in [1.165, 1.54) is 6.07 Å². The highest BCUT2D eigenvalue weighted by atomic mass is 79.9. The van der Waals surface area contributed by atoms with Crippen LogP contribution >= 0.6 is 15.9 Å². The Labute approximate surface area is 108 Å². The van der Waals surface area contributed by atoms with Crippen LogP contribution in [0.15, 0.2) is 16.6 Å². The molecule has 0 heterocycles. The van der Waals surface area contributed by atoms with Gasteiger partial charge in [-0.15, -0.1) is 0 Å². The van der Waals surface area contributed by atoms with Crippen molar-refractivity contribution < 1.29 is 14.3 Å². The molecule has 1 aromatic rings. The molecule has 1 aromatic carbocycles. The largest absolute Gasteiger partial charge is 0.481 e. The minimum atomic E-state index is -0.866. The lowest BCUT2D eigenvalue weighted by molar-refractivity contribution is -0.137. The molecular formula is C13H14BrFO2. The van der Waals surface area contributed by atoms with Gasteiger partial charge in [0, 0.05) is 16.0 Å². The predicted molar refractivity (Wildman–Crippen MR) is 66.6 cm³/mol. The Morgan fingerprint density at radius 2 is 2.24 bits per heavy atom. The van der Waals surface area contributed by atoms with Crippen LogP contribution in [0.5, 0.6) is 0 Å². The first kappa shape index (κ1) is 12.6. The average Bonchev–Trinajstić information content (AvgIpc) is 3.06. The number of halogens is 2. The third kappa shape index (κ3) is 2.68. The van der Waals surface area contributed by atoms with E-state index in [0.717, 1.165) is 22.9 Å². The first-order chi connectivity index (χ1) is 8.00. The fourth-order valence-corrected chi connectivity index (χ4v) is 2.82. The molecule has 4 heteroatoms. The summed E-state index contributed by atoms with van der Waals surface area (Å²) in [7, 11) is 0. The second-order valence-corrected chi connectivity index (χ2v) is 5.43. The molecule has 0 aromatic heterocycles. The van der Waals surface area contributed by atoms with Crippen LogP contribution in [-0.2, 0) is 4.79 Å². The maximum Gasteiger partial charge on any atom is 0.303 e. The average molecular weight is 301 g/mol. The van der Waals surface area contributed by atoms with E-state index in [2.05, 4.69) is 15.9 Å². The summed E-state index contributed by atoms with van der Waals surface area (Å²) in [6, 6.07) is 3.13. The molecule has 1 N–H and O–H groups in total. The Kier molecular flexibility index (Phi) is 3.52. The van der Waals surface area contributed by atoms with Crippen LogP contribution in [0.25, 0.3) is 0 Å². The summed E-state index contributed by atoms with van der Waals surface area (Å²) in [5.41, 5.74) is 1.48. The van der Waals surface area contributed by atoms with Gasteiger partial charge in [-0.2, -0.15) is 0 Å². The van der Waals surface area contributed by atoms with Crippen LogP contribution in [0, 0.1) is 18.7 Å². The Bertz CT molecular complexity index is 455. The van der Waals surface area contributed by atoms with E-state index in [4.69, 9.17) is 5.11 Å². The molecule has 2 nitrogen and oxygen atoms in total. The molecular weight excluding hydrogens is 287 g/mol. The minimum Gasteiger partial charge on any atom is -0.481 e. The fraction of sp³-hybridized carbons (Fsp3) is 0.462. The zero-order valence-corrected chi connectivity index (χ0v) is 11.1. The molecule has 1 unspecified atom stereocenters. The zero-order chi connectivity index (χ0) is 12.6. The number of aryl methyl sites for hydroxylation is 1. The van der Waals surface area contributed by atoms with Crippen molar-refractivity contribution in [1.29, 1.82) is 0 Å². The molecule has 1 saturated carbocycles. The summed E-state index contributed by atoms with van der Waals surface area (Å²) in [6.45, 7) is 1.89. The van der Waals surface area contributed by atoms with Crippen LogP contribution < -0.4 is 0 Å². The molecule has 17 heavy (non-hydrogen) atoms. The molecule has 0 saturated heterocycles. The number of rotatable bonds is 4. The van der Waals surface area contributed by atoms with Crippen LogP contribution in [-0.4, -0.2) is 11.1 Å². The fourth-order valence-electron chi connectivity index (χ4n) is 2.21. The van der Waals surface area contributed by atoms with Gasteiger partial charge in [-0.1, -0.05) is 22.0 Å². The number of aliphatic carboxylic acids is 1. The van der Waals surface area contributed by atoms with E-state index < -0.39 is 5.97 Å². The summed E-state index contributed by atoms with van der Waals surface area (Å²) in [5.74, 6) is -1.06. The van der Waals surface area contributed by atoms with Gasteiger partial charge < -0.3 is 5.11 Å². The molecule has 0 spiro atoms. The van der Waals surface area contributed by atoms with Gasteiger partial charge in [0.25, 0.3) is 0 Å². The number of carboxylic acids is 1. The summed E-state index contributed by atoms with van der Waals surface area (Å²) in [5, 5.41) is 8.94. The smallest absolute Gasteiger partial charge is 0.303 e. The van der Waals surface area contributed by atoms with Crippen molar-refractivity contribution in [3.05, 3.63) is 33.5 Å². The normalized spacial score (nSPS) is 16.9. The van der Waals surface area contributed by atoms with Gasteiger partial charge in [-0.05, 0) is 37.3 Å². The van der Waals surface area contributed by atoms with Crippen molar-refractivity contribution >= 4 is 21.9 Å². The maximum atomic E-state index is 13.9. The van der Waals surface area contributed by atoms with Crippen LogP contribution in [0.4, 0.5) is 4.39 Å². The third-order valence-corrected chi connectivity index (χ3v) is 4.33. The topological polar surface area (TPSA) is 37.3 Å². The van der Waals surface area contributed by atoms with Gasteiger partial charge in [0.1, 0.15) is 5.82 Å². The number of hydrogen-bond donors (Lipinski definition) is 1. The summed E-state index contributed by atoms with van der Waals surface area (Å²) in [4.78, 5) is 10.9. The molecule has 1 atom stereocenters. The number of benzene rings is 1. The summed E-state index contributed by atoms with van der Waals surface area (Å²) >= 11 is 3.38.